The first-order valence-corrected chi connectivity index (χ1v) is 5.52. The van der Waals surface area contributed by atoms with Gasteiger partial charge in [-0.3, -0.25) is 0 Å². The van der Waals surface area contributed by atoms with Crippen molar-refractivity contribution < 1.29 is 9.84 Å². The molecule has 0 saturated heterocycles. The van der Waals surface area contributed by atoms with Crippen LogP contribution in [0.1, 0.15) is 25.3 Å². The Labute approximate surface area is 97.3 Å². The maximum Gasteiger partial charge on any atom is 0.0716 e. The Morgan fingerprint density at radius 3 is 2.75 bits per heavy atom. The van der Waals surface area contributed by atoms with Gasteiger partial charge in [-0.1, -0.05) is 30.3 Å². The second kappa shape index (κ2) is 7.92. The van der Waals surface area contributed by atoms with Gasteiger partial charge < -0.3 is 9.84 Å². The van der Waals surface area contributed by atoms with Crippen LogP contribution in [-0.2, 0) is 11.3 Å². The normalized spacial score (nSPS) is 11.6. The van der Waals surface area contributed by atoms with Crippen LogP contribution in [0.5, 0.6) is 0 Å². The smallest absolute Gasteiger partial charge is 0.0716 e. The van der Waals surface area contributed by atoms with Crippen molar-refractivity contribution in [3.63, 3.8) is 0 Å². The summed E-state index contributed by atoms with van der Waals surface area (Å²) in [5.41, 5.74) is 1.16. The van der Waals surface area contributed by atoms with Crippen LogP contribution in [0.3, 0.4) is 0 Å². The van der Waals surface area contributed by atoms with E-state index in [9.17, 15) is 5.11 Å². The van der Waals surface area contributed by atoms with Crippen molar-refractivity contribution in [3.8, 4) is 11.8 Å². The van der Waals surface area contributed by atoms with Crippen LogP contribution < -0.4 is 0 Å². The fourth-order valence-electron chi connectivity index (χ4n) is 1.31. The van der Waals surface area contributed by atoms with Gasteiger partial charge in [0.2, 0.25) is 0 Å². The summed E-state index contributed by atoms with van der Waals surface area (Å²) in [6.45, 7) is 2.95. The standard InChI is InChI=1S/C14H18O2/c1-2-3-9-14(15)10-11-16-12-13-7-5-4-6-8-13/h4-8,14-15H,9-12H2,1H3/t14-/m1/s1. The highest BCUT2D eigenvalue weighted by molar-refractivity contribution is 5.13. The maximum atomic E-state index is 9.49. The van der Waals surface area contributed by atoms with Crippen molar-refractivity contribution in [3.05, 3.63) is 35.9 Å². The summed E-state index contributed by atoms with van der Waals surface area (Å²) in [5, 5.41) is 9.49. The number of hydrogen-bond donors (Lipinski definition) is 1. The molecule has 0 aliphatic heterocycles. The van der Waals surface area contributed by atoms with Crippen LogP contribution in [0, 0.1) is 11.8 Å². The van der Waals surface area contributed by atoms with Gasteiger partial charge in [0.15, 0.2) is 0 Å². The molecule has 0 unspecified atom stereocenters. The number of ether oxygens (including phenoxy) is 1. The van der Waals surface area contributed by atoms with E-state index in [-0.39, 0.29) is 6.10 Å². The summed E-state index contributed by atoms with van der Waals surface area (Å²) < 4.78 is 5.46. The van der Waals surface area contributed by atoms with Gasteiger partial charge in [-0.2, -0.15) is 0 Å². The molecule has 0 aromatic heterocycles. The average Bonchev–Trinajstić information content (AvgIpc) is 2.33. The van der Waals surface area contributed by atoms with E-state index in [1.54, 1.807) is 6.92 Å². The Bertz CT molecular complexity index is 335. The third-order valence-corrected chi connectivity index (χ3v) is 2.22. The highest BCUT2D eigenvalue weighted by Crippen LogP contribution is 2.02. The molecule has 1 rings (SSSR count). The summed E-state index contributed by atoms with van der Waals surface area (Å²) in [6.07, 6.45) is 0.801. The van der Waals surface area contributed by atoms with Crippen molar-refractivity contribution in [2.24, 2.45) is 0 Å². The van der Waals surface area contributed by atoms with Crippen LogP contribution in [0.2, 0.25) is 0 Å². The topological polar surface area (TPSA) is 29.5 Å². The molecule has 2 nitrogen and oxygen atoms in total. The van der Waals surface area contributed by atoms with Gasteiger partial charge in [0.25, 0.3) is 0 Å². The van der Waals surface area contributed by atoms with Gasteiger partial charge in [0, 0.05) is 13.0 Å². The molecule has 1 N–H and O–H groups in total. The molecule has 1 aromatic rings. The van der Waals surface area contributed by atoms with E-state index >= 15 is 0 Å². The van der Waals surface area contributed by atoms with Gasteiger partial charge in [-0.25, -0.2) is 0 Å². The minimum Gasteiger partial charge on any atom is -0.392 e. The molecule has 1 atom stereocenters. The summed E-state index contributed by atoms with van der Waals surface area (Å²) in [7, 11) is 0. The number of rotatable bonds is 6. The molecular formula is C14H18O2. The number of benzene rings is 1. The molecule has 2 heteroatoms. The molecule has 16 heavy (non-hydrogen) atoms. The highest BCUT2D eigenvalue weighted by atomic mass is 16.5. The second-order valence-corrected chi connectivity index (χ2v) is 3.61. The second-order valence-electron chi connectivity index (χ2n) is 3.61. The molecule has 0 bridgehead atoms. The van der Waals surface area contributed by atoms with E-state index in [1.165, 1.54) is 0 Å². The van der Waals surface area contributed by atoms with Gasteiger partial charge in [0.05, 0.1) is 12.7 Å². The van der Waals surface area contributed by atoms with Crippen LogP contribution >= 0.6 is 0 Å². The molecule has 86 valence electrons. The Hall–Kier alpha value is -1.30. The van der Waals surface area contributed by atoms with Crippen molar-refractivity contribution in [2.45, 2.75) is 32.5 Å². The molecule has 0 heterocycles. The summed E-state index contributed by atoms with van der Waals surface area (Å²) in [4.78, 5) is 0. The average molecular weight is 218 g/mol. The van der Waals surface area contributed by atoms with Crippen LogP contribution in [0.25, 0.3) is 0 Å². The van der Waals surface area contributed by atoms with E-state index in [0.717, 1.165) is 5.56 Å². The Balaban J connectivity index is 2.09. The molecule has 0 aliphatic rings. The maximum absolute atomic E-state index is 9.49. The van der Waals surface area contributed by atoms with Gasteiger partial charge >= 0.3 is 0 Å². The molecule has 1 aromatic carbocycles. The lowest BCUT2D eigenvalue weighted by atomic mass is 10.2. The summed E-state index contributed by atoms with van der Waals surface area (Å²) in [6, 6.07) is 10.0. The molecule has 0 radical (unpaired) electrons. The molecule has 0 aliphatic carbocycles. The fourth-order valence-corrected chi connectivity index (χ4v) is 1.31. The van der Waals surface area contributed by atoms with Crippen molar-refractivity contribution in [1.82, 2.24) is 0 Å². The third-order valence-electron chi connectivity index (χ3n) is 2.22. The van der Waals surface area contributed by atoms with E-state index in [4.69, 9.17) is 4.74 Å². The predicted octanol–water partition coefficient (Wildman–Crippen LogP) is 2.37. The Morgan fingerprint density at radius 1 is 1.31 bits per heavy atom. The molecular weight excluding hydrogens is 200 g/mol. The third kappa shape index (κ3) is 5.55. The Kier molecular flexibility index (Phi) is 6.32. The fraction of sp³-hybridized carbons (Fsp3) is 0.429. The molecule has 0 spiro atoms. The molecule has 0 amide bonds. The van der Waals surface area contributed by atoms with Crippen LogP contribution in [-0.4, -0.2) is 17.8 Å². The lowest BCUT2D eigenvalue weighted by molar-refractivity contribution is 0.0753. The lowest BCUT2D eigenvalue weighted by Gasteiger charge is -2.07. The highest BCUT2D eigenvalue weighted by Gasteiger charge is 2.01. The summed E-state index contributed by atoms with van der Waals surface area (Å²) in [5.74, 6) is 5.62. The first kappa shape index (κ1) is 12.8. The predicted molar refractivity (Wildman–Crippen MR) is 64.8 cm³/mol. The molecule has 0 fully saturated rings. The van der Waals surface area contributed by atoms with Crippen molar-refractivity contribution in [1.29, 1.82) is 0 Å². The zero-order valence-electron chi connectivity index (χ0n) is 9.65. The first-order chi connectivity index (χ1) is 7.83. The lowest BCUT2D eigenvalue weighted by Crippen LogP contribution is -2.09. The number of aliphatic hydroxyl groups is 1. The quantitative estimate of drug-likeness (QED) is 0.586. The van der Waals surface area contributed by atoms with E-state index in [1.807, 2.05) is 30.3 Å². The minimum atomic E-state index is -0.372. The zero-order valence-corrected chi connectivity index (χ0v) is 9.65. The van der Waals surface area contributed by atoms with Crippen molar-refractivity contribution in [2.75, 3.05) is 6.61 Å². The largest absolute Gasteiger partial charge is 0.392 e. The van der Waals surface area contributed by atoms with Gasteiger partial charge in [-0.05, 0) is 18.9 Å². The van der Waals surface area contributed by atoms with E-state index in [2.05, 4.69) is 11.8 Å². The van der Waals surface area contributed by atoms with Gasteiger partial charge in [-0.15, -0.1) is 11.8 Å². The first-order valence-electron chi connectivity index (χ1n) is 5.52. The van der Waals surface area contributed by atoms with Crippen molar-refractivity contribution >= 4 is 0 Å². The monoisotopic (exact) mass is 218 g/mol. The van der Waals surface area contributed by atoms with Gasteiger partial charge in [0.1, 0.15) is 0 Å². The minimum absolute atomic E-state index is 0.372. The summed E-state index contributed by atoms with van der Waals surface area (Å²) >= 11 is 0. The molecule has 0 saturated carbocycles. The van der Waals surface area contributed by atoms with Crippen LogP contribution in [0.15, 0.2) is 30.3 Å². The Morgan fingerprint density at radius 2 is 2.06 bits per heavy atom. The van der Waals surface area contributed by atoms with E-state index < -0.39 is 0 Å². The zero-order chi connectivity index (χ0) is 11.6. The number of aliphatic hydroxyl groups excluding tert-OH is 1. The number of hydrogen-bond acceptors (Lipinski definition) is 2. The van der Waals surface area contributed by atoms with Crippen LogP contribution in [0.4, 0.5) is 0 Å². The SMILES string of the molecule is CC#CC[C@@H](O)CCOCc1ccccc1. The van der Waals surface area contributed by atoms with E-state index in [0.29, 0.717) is 26.1 Å².